The van der Waals surface area contributed by atoms with E-state index in [0.717, 1.165) is 16.7 Å². The normalized spacial score (nSPS) is 12.7. The highest BCUT2D eigenvalue weighted by atomic mass is 32.1. The number of hydrogen-bond acceptors (Lipinski definition) is 5. The SMILES string of the molecule is CCCCCCCCC1(CCCCCCCC)c2cc(C)ccc2-c2ccc(-c3cc(-c4nc(-c5ccccc5)nc(-c5ccccc5)n4)cc(-c4ccc(-c5ccc(C)s5)s4)c3)cc21. The average molecular weight is 890 g/mol. The van der Waals surface area contributed by atoms with Crippen molar-refractivity contribution in [3.8, 4) is 76.6 Å². The maximum Gasteiger partial charge on any atom is 0.164 e. The molecule has 0 N–H and O–H groups in total. The van der Waals surface area contributed by atoms with Crippen LogP contribution in [0.2, 0.25) is 0 Å². The zero-order chi connectivity index (χ0) is 44.6. The summed E-state index contributed by atoms with van der Waals surface area (Å²) in [6, 6.07) is 51.4. The molecule has 0 fully saturated rings. The van der Waals surface area contributed by atoms with Crippen molar-refractivity contribution in [1.82, 2.24) is 15.0 Å². The Labute approximate surface area is 396 Å². The van der Waals surface area contributed by atoms with Gasteiger partial charge in [-0.3, -0.25) is 0 Å². The molecule has 0 bridgehead atoms. The summed E-state index contributed by atoms with van der Waals surface area (Å²) in [5.41, 5.74) is 13.8. The van der Waals surface area contributed by atoms with Crippen molar-refractivity contribution >= 4 is 22.7 Å². The average Bonchev–Trinajstić information content (AvgIpc) is 4.08. The Kier molecular flexibility index (Phi) is 14.3. The minimum Gasteiger partial charge on any atom is -0.208 e. The fourth-order valence-corrected chi connectivity index (χ4v) is 12.0. The van der Waals surface area contributed by atoms with E-state index in [4.69, 9.17) is 15.0 Å². The van der Waals surface area contributed by atoms with Gasteiger partial charge in [-0.05, 0) is 114 Å². The molecule has 330 valence electrons. The zero-order valence-corrected chi connectivity index (χ0v) is 40.5. The highest BCUT2D eigenvalue weighted by Crippen LogP contribution is 2.55. The van der Waals surface area contributed by atoms with Crippen molar-refractivity contribution in [3.63, 3.8) is 0 Å². The molecule has 5 heteroatoms. The lowest BCUT2D eigenvalue weighted by molar-refractivity contribution is 0.398. The summed E-state index contributed by atoms with van der Waals surface area (Å²) in [5.74, 6) is 2.02. The molecule has 1 aliphatic carbocycles. The lowest BCUT2D eigenvalue weighted by Gasteiger charge is -2.33. The van der Waals surface area contributed by atoms with E-state index in [1.807, 2.05) is 34.8 Å². The first-order valence-electron chi connectivity index (χ1n) is 24.4. The molecule has 3 heterocycles. The van der Waals surface area contributed by atoms with Crippen LogP contribution in [0.5, 0.6) is 0 Å². The molecule has 0 radical (unpaired) electrons. The molecule has 1 aliphatic rings. The van der Waals surface area contributed by atoms with Gasteiger partial charge in [0.1, 0.15) is 0 Å². The van der Waals surface area contributed by atoms with E-state index < -0.39 is 0 Å². The van der Waals surface area contributed by atoms with Crippen molar-refractivity contribution in [2.24, 2.45) is 0 Å². The third-order valence-corrected chi connectivity index (χ3v) is 15.9. The molecular formula is C60H63N3S2. The van der Waals surface area contributed by atoms with Crippen LogP contribution in [0, 0.1) is 13.8 Å². The smallest absolute Gasteiger partial charge is 0.164 e. The number of aryl methyl sites for hydroxylation is 2. The maximum absolute atomic E-state index is 5.24. The minimum atomic E-state index is -0.00643. The molecule has 0 atom stereocenters. The second-order valence-corrected chi connectivity index (χ2v) is 20.7. The molecule has 3 nitrogen and oxygen atoms in total. The predicted octanol–water partition coefficient (Wildman–Crippen LogP) is 18.4. The summed E-state index contributed by atoms with van der Waals surface area (Å²) < 4.78 is 0. The van der Waals surface area contributed by atoms with Crippen molar-refractivity contribution in [1.29, 1.82) is 0 Å². The summed E-state index contributed by atoms with van der Waals surface area (Å²) in [4.78, 5) is 20.7. The van der Waals surface area contributed by atoms with Crippen LogP contribution in [0.25, 0.3) is 76.6 Å². The summed E-state index contributed by atoms with van der Waals surface area (Å²) in [5, 5.41) is 0. The maximum atomic E-state index is 5.24. The topological polar surface area (TPSA) is 38.7 Å². The van der Waals surface area contributed by atoms with E-state index in [2.05, 4.69) is 155 Å². The standard InChI is InChI=1S/C60H63N3S2/c1-5-7-9-11-13-21-35-60(36-22-14-12-10-8-6-2)52-37-42(3)27-30-50(52)51-31-29-46(41-53(51)60)47-38-48(54-33-34-56(65-54)55-32-28-43(4)64-55)40-49(39-47)59-62-57(44-23-17-15-18-24-44)61-58(63-59)45-25-19-16-20-26-45/h15-20,23-34,37-41H,5-14,21-22,35-36H2,1-4H3. The Hall–Kier alpha value is -5.49. The van der Waals surface area contributed by atoms with E-state index in [0.29, 0.717) is 17.5 Å². The highest BCUT2D eigenvalue weighted by Gasteiger charge is 2.42. The molecule has 9 rings (SSSR count). The number of fused-ring (bicyclic) bond motifs is 3. The lowest BCUT2D eigenvalue weighted by Crippen LogP contribution is -2.25. The molecule has 8 aromatic rings. The predicted molar refractivity (Wildman–Crippen MR) is 280 cm³/mol. The second-order valence-electron chi connectivity index (χ2n) is 18.3. The fourth-order valence-electron chi connectivity index (χ4n) is 10.1. The molecule has 0 spiro atoms. The molecule has 0 aliphatic heterocycles. The first kappa shape index (κ1) is 44.7. The van der Waals surface area contributed by atoms with Gasteiger partial charge in [0.2, 0.25) is 0 Å². The van der Waals surface area contributed by atoms with Crippen LogP contribution in [0.1, 0.15) is 125 Å². The van der Waals surface area contributed by atoms with Crippen LogP contribution in [-0.2, 0) is 5.41 Å². The van der Waals surface area contributed by atoms with Gasteiger partial charge in [0.05, 0.1) is 0 Å². The van der Waals surface area contributed by atoms with Gasteiger partial charge in [-0.25, -0.2) is 15.0 Å². The van der Waals surface area contributed by atoms with Gasteiger partial charge in [-0.2, -0.15) is 0 Å². The Balaban J connectivity index is 1.19. The van der Waals surface area contributed by atoms with Gasteiger partial charge in [0, 0.05) is 41.6 Å². The first-order chi connectivity index (χ1) is 31.9. The van der Waals surface area contributed by atoms with Crippen molar-refractivity contribution < 1.29 is 0 Å². The Morgan fingerprint density at radius 3 is 1.48 bits per heavy atom. The fraction of sp³-hybridized carbons (Fsp3) is 0.317. The Bertz CT molecular complexity index is 2760. The number of unbranched alkanes of at least 4 members (excludes halogenated alkanes) is 10. The number of thiophene rings is 2. The minimum absolute atomic E-state index is 0.00643. The number of rotatable bonds is 20. The largest absolute Gasteiger partial charge is 0.208 e. The summed E-state index contributed by atoms with van der Waals surface area (Å²) in [6.07, 6.45) is 18.1. The van der Waals surface area contributed by atoms with Gasteiger partial charge >= 0.3 is 0 Å². The number of nitrogens with zero attached hydrogens (tertiary/aromatic N) is 3. The van der Waals surface area contributed by atoms with Gasteiger partial charge in [-0.1, -0.05) is 187 Å². The summed E-state index contributed by atoms with van der Waals surface area (Å²) in [7, 11) is 0. The molecule has 0 unspecified atom stereocenters. The quantitative estimate of drug-likeness (QED) is 0.0716. The monoisotopic (exact) mass is 889 g/mol. The first-order valence-corrected chi connectivity index (χ1v) is 26.0. The van der Waals surface area contributed by atoms with Gasteiger partial charge in [0.15, 0.2) is 17.5 Å². The second kappa shape index (κ2) is 20.8. The van der Waals surface area contributed by atoms with E-state index in [1.54, 1.807) is 5.56 Å². The molecular weight excluding hydrogens is 827 g/mol. The van der Waals surface area contributed by atoms with Gasteiger partial charge in [-0.15, -0.1) is 22.7 Å². The van der Waals surface area contributed by atoms with E-state index in [-0.39, 0.29) is 5.41 Å². The molecule has 65 heavy (non-hydrogen) atoms. The lowest BCUT2D eigenvalue weighted by atomic mass is 9.70. The van der Waals surface area contributed by atoms with Crippen LogP contribution in [0.3, 0.4) is 0 Å². The van der Waals surface area contributed by atoms with Crippen LogP contribution in [-0.4, -0.2) is 15.0 Å². The molecule has 0 saturated carbocycles. The van der Waals surface area contributed by atoms with Crippen molar-refractivity contribution in [3.05, 3.63) is 161 Å². The highest BCUT2D eigenvalue weighted by molar-refractivity contribution is 7.23. The molecule has 3 aromatic heterocycles. The Morgan fingerprint density at radius 2 is 0.877 bits per heavy atom. The zero-order valence-electron chi connectivity index (χ0n) is 38.8. The third kappa shape index (κ3) is 10.0. The third-order valence-electron chi connectivity index (χ3n) is 13.5. The molecule has 5 aromatic carbocycles. The van der Waals surface area contributed by atoms with Gasteiger partial charge in [0.25, 0.3) is 0 Å². The van der Waals surface area contributed by atoms with Crippen molar-refractivity contribution in [2.45, 2.75) is 123 Å². The summed E-state index contributed by atoms with van der Waals surface area (Å²) >= 11 is 3.72. The van der Waals surface area contributed by atoms with Crippen molar-refractivity contribution in [2.75, 3.05) is 0 Å². The molecule has 0 saturated heterocycles. The van der Waals surface area contributed by atoms with Gasteiger partial charge < -0.3 is 0 Å². The number of hydrogen-bond donors (Lipinski definition) is 0. The van der Waals surface area contributed by atoms with E-state index >= 15 is 0 Å². The Morgan fingerprint density at radius 1 is 0.385 bits per heavy atom. The van der Waals surface area contributed by atoms with E-state index in [1.165, 1.54) is 148 Å². The van der Waals surface area contributed by atoms with Crippen LogP contribution >= 0.6 is 22.7 Å². The van der Waals surface area contributed by atoms with E-state index in [9.17, 15) is 0 Å². The number of benzene rings is 5. The van der Waals surface area contributed by atoms with Crippen LogP contribution in [0.15, 0.2) is 140 Å². The van der Waals surface area contributed by atoms with Crippen LogP contribution in [0.4, 0.5) is 0 Å². The summed E-state index contributed by atoms with van der Waals surface area (Å²) in [6.45, 7) is 9.11. The number of aromatic nitrogens is 3. The molecule has 0 amide bonds. The van der Waals surface area contributed by atoms with Crippen LogP contribution < -0.4 is 0 Å².